The van der Waals surface area contributed by atoms with E-state index in [1.165, 1.54) is 17.7 Å². The van der Waals surface area contributed by atoms with Gasteiger partial charge >= 0.3 is 0 Å². The lowest BCUT2D eigenvalue weighted by Gasteiger charge is -2.49. The summed E-state index contributed by atoms with van der Waals surface area (Å²) in [6.07, 6.45) is 3.21. The van der Waals surface area contributed by atoms with Crippen molar-refractivity contribution in [1.29, 1.82) is 0 Å². The fourth-order valence-corrected chi connectivity index (χ4v) is 8.21. The highest BCUT2D eigenvalue weighted by atomic mass is 127. The lowest BCUT2D eigenvalue weighted by atomic mass is 9.63. The molecule has 0 saturated carbocycles. The zero-order chi connectivity index (χ0) is 33.5. The molecule has 5 nitrogen and oxygen atoms in total. The fraction of sp³-hybridized carbons (Fsp3) is 0.400. The lowest BCUT2D eigenvalue weighted by molar-refractivity contribution is -0.119. The topological polar surface area (TPSA) is 55.8 Å². The van der Waals surface area contributed by atoms with Crippen molar-refractivity contribution in [3.05, 3.63) is 115 Å². The minimum absolute atomic E-state index is 0.111. The molecule has 0 amide bonds. The summed E-state index contributed by atoms with van der Waals surface area (Å²) >= 11 is 2.26. The molecule has 1 heterocycles. The number of benzene rings is 3. The van der Waals surface area contributed by atoms with E-state index < -0.39 is 5.92 Å². The Morgan fingerprint density at radius 2 is 1.40 bits per heavy atom. The molecule has 6 rings (SSSR count). The number of carbonyl (C=O) groups excluding carboxylic acids is 2. The Kier molecular flexibility index (Phi) is 9.40. The van der Waals surface area contributed by atoms with Crippen LogP contribution in [0.15, 0.2) is 89.3 Å². The molecule has 0 radical (unpaired) electrons. The van der Waals surface area contributed by atoms with Gasteiger partial charge in [0.1, 0.15) is 12.4 Å². The van der Waals surface area contributed by atoms with Crippen LogP contribution in [0.1, 0.15) is 82.9 Å². The van der Waals surface area contributed by atoms with Gasteiger partial charge in [-0.2, -0.15) is 0 Å². The molecule has 0 bridgehead atoms. The van der Waals surface area contributed by atoms with Crippen molar-refractivity contribution in [2.45, 2.75) is 79.2 Å². The number of nitrogens with zero attached hydrogens (tertiary/aromatic N) is 1. The number of hydrogen-bond acceptors (Lipinski definition) is 5. The molecule has 246 valence electrons. The summed E-state index contributed by atoms with van der Waals surface area (Å²) in [6, 6.07) is 20.7. The van der Waals surface area contributed by atoms with Crippen molar-refractivity contribution in [2.75, 3.05) is 13.2 Å². The van der Waals surface area contributed by atoms with E-state index in [1.807, 2.05) is 25.1 Å². The SMILES string of the molecule is CCOc1cc(C2C3=C(CC(C)(C)CC3=O)N(CCc3ccccc3)C3=C2C(=O)CC(C)(C)C3)cc(I)c1OCc1ccc(F)cc1. The third kappa shape index (κ3) is 7.06. The van der Waals surface area contributed by atoms with Gasteiger partial charge in [0.05, 0.1) is 10.2 Å². The molecular formula is C40H43FINO4. The van der Waals surface area contributed by atoms with E-state index in [4.69, 9.17) is 9.47 Å². The molecule has 0 saturated heterocycles. The minimum atomic E-state index is -0.473. The standard InChI is InChI=1S/C40H43FINO4/c1-6-46-34-19-27(18-29(42)38(34)47-24-26-12-14-28(41)15-13-26)35-36-30(20-39(2,3)22-32(36)44)43(17-16-25-10-8-7-9-11-25)31-21-40(4,5)23-33(45)37(31)35/h7-15,18-19,35H,6,16-17,20-24H2,1-5H3. The van der Waals surface area contributed by atoms with E-state index in [2.05, 4.69) is 79.5 Å². The Balaban J connectivity index is 1.48. The molecule has 3 aliphatic rings. The summed E-state index contributed by atoms with van der Waals surface area (Å²) in [7, 11) is 0. The van der Waals surface area contributed by atoms with Gasteiger partial charge in [0, 0.05) is 47.8 Å². The number of ether oxygens (including phenoxy) is 2. The first-order chi connectivity index (χ1) is 22.4. The molecule has 47 heavy (non-hydrogen) atoms. The van der Waals surface area contributed by atoms with Gasteiger partial charge < -0.3 is 14.4 Å². The Labute approximate surface area is 291 Å². The van der Waals surface area contributed by atoms with Gasteiger partial charge in [-0.05, 0) is 101 Å². The van der Waals surface area contributed by atoms with Crippen LogP contribution in [-0.4, -0.2) is 29.6 Å². The highest BCUT2D eigenvalue weighted by Gasteiger charge is 2.49. The number of rotatable bonds is 9. The summed E-state index contributed by atoms with van der Waals surface area (Å²) < 4.78 is 26.8. The van der Waals surface area contributed by atoms with E-state index in [0.29, 0.717) is 37.5 Å². The van der Waals surface area contributed by atoms with E-state index >= 15 is 0 Å². The van der Waals surface area contributed by atoms with Crippen LogP contribution in [-0.2, 0) is 22.6 Å². The molecule has 2 aliphatic carbocycles. The summed E-state index contributed by atoms with van der Waals surface area (Å²) in [5, 5.41) is 0. The first-order valence-corrected chi connectivity index (χ1v) is 17.6. The van der Waals surface area contributed by atoms with Crippen molar-refractivity contribution >= 4 is 34.2 Å². The highest BCUT2D eigenvalue weighted by Crippen LogP contribution is 2.55. The molecule has 1 aliphatic heterocycles. The van der Waals surface area contributed by atoms with Gasteiger partial charge in [0.15, 0.2) is 23.1 Å². The van der Waals surface area contributed by atoms with Gasteiger partial charge in [0.2, 0.25) is 0 Å². The maximum absolute atomic E-state index is 14.3. The predicted molar refractivity (Wildman–Crippen MR) is 191 cm³/mol. The van der Waals surface area contributed by atoms with Crippen LogP contribution in [0.5, 0.6) is 11.5 Å². The zero-order valence-electron chi connectivity index (χ0n) is 27.9. The van der Waals surface area contributed by atoms with Crippen molar-refractivity contribution in [3.63, 3.8) is 0 Å². The number of allylic oxidation sites excluding steroid dienone is 4. The summed E-state index contributed by atoms with van der Waals surface area (Å²) in [6.45, 7) is 12.0. The second-order valence-corrected chi connectivity index (χ2v) is 15.8. The summed E-state index contributed by atoms with van der Waals surface area (Å²) in [5.41, 5.74) is 6.17. The largest absolute Gasteiger partial charge is 0.490 e. The zero-order valence-corrected chi connectivity index (χ0v) is 30.1. The smallest absolute Gasteiger partial charge is 0.174 e. The van der Waals surface area contributed by atoms with Crippen LogP contribution in [0.4, 0.5) is 4.39 Å². The normalized spacial score (nSPS) is 19.1. The first kappa shape index (κ1) is 33.4. The third-order valence-electron chi connectivity index (χ3n) is 9.45. The fourth-order valence-electron chi connectivity index (χ4n) is 7.43. The molecule has 0 N–H and O–H groups in total. The molecule has 0 spiro atoms. The molecule has 0 unspecified atom stereocenters. The van der Waals surface area contributed by atoms with Crippen molar-refractivity contribution in [1.82, 2.24) is 4.90 Å². The van der Waals surface area contributed by atoms with Crippen LogP contribution in [0.3, 0.4) is 0 Å². The average Bonchev–Trinajstić information content (AvgIpc) is 2.99. The van der Waals surface area contributed by atoms with Gasteiger partial charge in [-0.3, -0.25) is 9.59 Å². The molecular weight excluding hydrogens is 704 g/mol. The number of ketones is 2. The third-order valence-corrected chi connectivity index (χ3v) is 10.3. The van der Waals surface area contributed by atoms with E-state index in [-0.39, 0.29) is 34.8 Å². The van der Waals surface area contributed by atoms with Crippen molar-refractivity contribution < 1.29 is 23.5 Å². The highest BCUT2D eigenvalue weighted by molar-refractivity contribution is 14.1. The monoisotopic (exact) mass is 747 g/mol. The maximum atomic E-state index is 14.3. The van der Waals surface area contributed by atoms with Crippen molar-refractivity contribution in [3.8, 4) is 11.5 Å². The van der Waals surface area contributed by atoms with Gasteiger partial charge in [0.25, 0.3) is 0 Å². The maximum Gasteiger partial charge on any atom is 0.174 e. The Morgan fingerprint density at radius 3 is 1.98 bits per heavy atom. The second kappa shape index (κ2) is 13.2. The Morgan fingerprint density at radius 1 is 0.809 bits per heavy atom. The second-order valence-electron chi connectivity index (χ2n) is 14.6. The Bertz CT molecular complexity index is 1700. The van der Waals surface area contributed by atoms with Crippen molar-refractivity contribution in [2.24, 2.45) is 10.8 Å². The van der Waals surface area contributed by atoms with E-state index in [9.17, 15) is 14.0 Å². The van der Waals surface area contributed by atoms with Gasteiger partial charge in [-0.15, -0.1) is 0 Å². The van der Waals surface area contributed by atoms with Crippen LogP contribution >= 0.6 is 22.6 Å². The number of halogens is 2. The van der Waals surface area contributed by atoms with E-state index in [1.54, 1.807) is 12.1 Å². The molecule has 3 aromatic rings. The van der Waals surface area contributed by atoms with Crippen LogP contribution in [0.25, 0.3) is 0 Å². The van der Waals surface area contributed by atoms with Gasteiger partial charge in [-0.1, -0.05) is 70.2 Å². The first-order valence-electron chi connectivity index (χ1n) is 16.5. The summed E-state index contributed by atoms with van der Waals surface area (Å²) in [5.74, 6) is 0.618. The molecule has 3 aromatic carbocycles. The summed E-state index contributed by atoms with van der Waals surface area (Å²) in [4.78, 5) is 30.9. The predicted octanol–water partition coefficient (Wildman–Crippen LogP) is 9.34. The van der Waals surface area contributed by atoms with Crippen LogP contribution in [0, 0.1) is 20.2 Å². The van der Waals surface area contributed by atoms with Gasteiger partial charge in [-0.25, -0.2) is 4.39 Å². The minimum Gasteiger partial charge on any atom is -0.490 e. The van der Waals surface area contributed by atoms with Crippen LogP contribution in [0.2, 0.25) is 0 Å². The average molecular weight is 748 g/mol. The molecule has 0 fully saturated rings. The van der Waals surface area contributed by atoms with E-state index in [0.717, 1.165) is 56.5 Å². The molecule has 0 aromatic heterocycles. The quantitative estimate of drug-likeness (QED) is 0.204. The molecule has 0 atom stereocenters. The van der Waals surface area contributed by atoms with Crippen LogP contribution < -0.4 is 9.47 Å². The number of Topliss-reactive ketones (excluding diaryl/α,β-unsaturated/α-hetero) is 2. The molecule has 7 heteroatoms. The lowest BCUT2D eigenvalue weighted by Crippen LogP contribution is -2.45. The number of hydrogen-bond donors (Lipinski definition) is 0. The number of carbonyl (C=O) groups is 2. The Hall–Kier alpha value is -3.46.